The molecule has 1 aliphatic heterocycles. The number of nitrogens with zero attached hydrogens (tertiary/aromatic N) is 5. The zero-order valence-corrected chi connectivity index (χ0v) is 22.6. The Morgan fingerprint density at radius 1 is 1.20 bits per heavy atom. The second-order valence-electron chi connectivity index (χ2n) is 9.52. The lowest BCUT2D eigenvalue weighted by Crippen LogP contribution is -2.34. The van der Waals surface area contributed by atoms with Gasteiger partial charge in [-0.1, -0.05) is 12.1 Å². The van der Waals surface area contributed by atoms with Crippen molar-refractivity contribution in [3.05, 3.63) is 81.8 Å². The lowest BCUT2D eigenvalue weighted by molar-refractivity contribution is 0.343. The molecular formula is C27H24F3N7O3S. The molecule has 212 valence electrons. The molecule has 0 saturated carbocycles. The molecule has 2 aromatic carbocycles. The van der Waals surface area contributed by atoms with Crippen LogP contribution >= 0.6 is 0 Å². The van der Waals surface area contributed by atoms with E-state index >= 15 is 4.39 Å². The summed E-state index contributed by atoms with van der Waals surface area (Å²) in [6.45, 7) is -0.0149. The Labute approximate surface area is 233 Å². The van der Waals surface area contributed by atoms with Crippen LogP contribution in [0.5, 0.6) is 0 Å². The fraction of sp³-hybridized carbons (Fsp3) is 0.259. The molecular weight excluding hydrogens is 559 g/mol. The fourth-order valence-electron chi connectivity index (χ4n) is 4.61. The Balaban J connectivity index is 1.43. The van der Waals surface area contributed by atoms with Gasteiger partial charge in [-0.3, -0.25) is 14.1 Å². The number of rotatable bonds is 8. The Bertz CT molecular complexity index is 1860. The van der Waals surface area contributed by atoms with Gasteiger partial charge in [0.25, 0.3) is 5.56 Å². The van der Waals surface area contributed by atoms with Crippen molar-refractivity contribution in [2.45, 2.75) is 19.0 Å². The summed E-state index contributed by atoms with van der Waals surface area (Å²) in [6, 6.07) is 12.2. The van der Waals surface area contributed by atoms with Gasteiger partial charge in [0.05, 0.1) is 28.4 Å². The molecule has 2 N–H and O–H groups in total. The van der Waals surface area contributed by atoms with Gasteiger partial charge < -0.3 is 5.32 Å². The molecule has 1 aliphatic rings. The van der Waals surface area contributed by atoms with Gasteiger partial charge in [-0.2, -0.15) is 23.0 Å². The van der Waals surface area contributed by atoms with E-state index in [1.54, 1.807) is 18.2 Å². The number of aryl methyl sites for hydroxylation is 1. The molecule has 0 radical (unpaired) electrons. The van der Waals surface area contributed by atoms with E-state index < -0.39 is 44.8 Å². The first-order valence-electron chi connectivity index (χ1n) is 12.6. The molecule has 5 rings (SSSR count). The minimum absolute atomic E-state index is 0.0146. The van der Waals surface area contributed by atoms with Gasteiger partial charge in [-0.25, -0.2) is 18.2 Å². The smallest absolute Gasteiger partial charge is 0.301 e. The van der Waals surface area contributed by atoms with Crippen LogP contribution in [-0.4, -0.2) is 53.1 Å². The van der Waals surface area contributed by atoms with E-state index in [4.69, 9.17) is 5.26 Å². The van der Waals surface area contributed by atoms with Crippen molar-refractivity contribution >= 4 is 32.9 Å². The van der Waals surface area contributed by atoms with Gasteiger partial charge in [0.1, 0.15) is 17.6 Å². The van der Waals surface area contributed by atoms with Crippen molar-refractivity contribution < 1.29 is 21.6 Å². The number of alkyl halides is 1. The lowest BCUT2D eigenvalue weighted by atomic mass is 10.0. The average Bonchev–Trinajstić information content (AvgIpc) is 3.40. The number of fused-ring (bicyclic) bond motifs is 1. The molecule has 0 spiro atoms. The Morgan fingerprint density at radius 3 is 2.73 bits per heavy atom. The van der Waals surface area contributed by atoms with Crippen LogP contribution in [0.15, 0.2) is 53.5 Å². The van der Waals surface area contributed by atoms with Crippen molar-refractivity contribution in [2.75, 3.05) is 29.7 Å². The quantitative estimate of drug-likeness (QED) is 0.324. The fourth-order valence-corrected chi connectivity index (χ4v) is 5.88. The highest BCUT2D eigenvalue weighted by molar-refractivity contribution is 7.90. The number of halogens is 3. The maximum Gasteiger partial charge on any atom is 0.301 e. The van der Waals surface area contributed by atoms with E-state index in [0.717, 1.165) is 26.6 Å². The summed E-state index contributed by atoms with van der Waals surface area (Å²) in [5.41, 5.74) is -0.741. The molecule has 1 fully saturated rings. The molecule has 0 amide bonds. The standard InChI is InChI=1S/C27H24F3N7O3S/c1-36-25-18(14-33-27(34-25)32-9-7-16-3-2-4-17(11-16)13-31)12-20(26(36)38)23-21(29)5-6-22(24(23)30)35-41(39,40)37-10-8-19(28)15-37/h2-6,11-12,14,19,35H,7-10,15H2,1H3,(H,32,33,34). The van der Waals surface area contributed by atoms with E-state index in [1.165, 1.54) is 19.3 Å². The Hall–Kier alpha value is -4.48. The Kier molecular flexibility index (Phi) is 7.65. The molecule has 41 heavy (non-hydrogen) atoms. The summed E-state index contributed by atoms with van der Waals surface area (Å²) in [5, 5.41) is 12.4. The Morgan fingerprint density at radius 2 is 2.00 bits per heavy atom. The first-order chi connectivity index (χ1) is 19.6. The molecule has 10 nitrogen and oxygen atoms in total. The molecule has 0 bridgehead atoms. The van der Waals surface area contributed by atoms with E-state index in [9.17, 15) is 22.0 Å². The monoisotopic (exact) mass is 583 g/mol. The highest BCUT2D eigenvalue weighted by Crippen LogP contribution is 2.31. The van der Waals surface area contributed by atoms with E-state index in [-0.39, 0.29) is 36.7 Å². The summed E-state index contributed by atoms with van der Waals surface area (Å²) < 4.78 is 73.3. The maximum atomic E-state index is 15.5. The van der Waals surface area contributed by atoms with Gasteiger partial charge in [0, 0.05) is 38.3 Å². The molecule has 1 unspecified atom stereocenters. The van der Waals surface area contributed by atoms with Crippen LogP contribution in [0.1, 0.15) is 17.5 Å². The van der Waals surface area contributed by atoms with E-state index in [2.05, 4.69) is 21.4 Å². The van der Waals surface area contributed by atoms with Crippen molar-refractivity contribution in [1.82, 2.24) is 18.8 Å². The number of pyridine rings is 1. The molecule has 1 saturated heterocycles. The van der Waals surface area contributed by atoms with Crippen LogP contribution in [0.25, 0.3) is 22.2 Å². The van der Waals surface area contributed by atoms with E-state index in [1.807, 2.05) is 10.8 Å². The summed E-state index contributed by atoms with van der Waals surface area (Å²) in [5.74, 6) is -2.14. The van der Waals surface area contributed by atoms with Crippen molar-refractivity contribution in [1.29, 1.82) is 5.26 Å². The summed E-state index contributed by atoms with van der Waals surface area (Å²) in [4.78, 5) is 21.8. The van der Waals surface area contributed by atoms with Crippen molar-refractivity contribution in [3.8, 4) is 17.2 Å². The number of nitrogens with one attached hydrogen (secondary N) is 2. The van der Waals surface area contributed by atoms with Gasteiger partial charge in [-0.15, -0.1) is 0 Å². The zero-order chi connectivity index (χ0) is 29.3. The summed E-state index contributed by atoms with van der Waals surface area (Å²) in [7, 11) is -2.92. The predicted octanol–water partition coefficient (Wildman–Crippen LogP) is 3.50. The minimum Gasteiger partial charge on any atom is -0.354 e. The number of anilines is 2. The first-order valence-corrected chi connectivity index (χ1v) is 14.0. The highest BCUT2D eigenvalue weighted by atomic mass is 32.2. The van der Waals surface area contributed by atoms with Crippen molar-refractivity contribution in [3.63, 3.8) is 0 Å². The minimum atomic E-state index is -4.31. The largest absolute Gasteiger partial charge is 0.354 e. The summed E-state index contributed by atoms with van der Waals surface area (Å²) >= 11 is 0. The van der Waals surface area contributed by atoms with Crippen LogP contribution in [0.2, 0.25) is 0 Å². The number of aromatic nitrogens is 3. The second-order valence-corrected chi connectivity index (χ2v) is 11.2. The van der Waals surface area contributed by atoms with Crippen LogP contribution in [0.3, 0.4) is 0 Å². The van der Waals surface area contributed by atoms with Gasteiger partial charge >= 0.3 is 10.2 Å². The normalized spacial score (nSPS) is 15.6. The molecule has 2 aromatic heterocycles. The zero-order valence-electron chi connectivity index (χ0n) is 21.7. The molecule has 4 aromatic rings. The van der Waals surface area contributed by atoms with Gasteiger partial charge in [0.2, 0.25) is 5.95 Å². The molecule has 1 atom stereocenters. The third kappa shape index (κ3) is 5.72. The molecule has 3 heterocycles. The van der Waals surface area contributed by atoms with Crippen LogP contribution in [0.4, 0.5) is 24.8 Å². The van der Waals surface area contributed by atoms with E-state index in [0.29, 0.717) is 23.9 Å². The van der Waals surface area contributed by atoms with Crippen LogP contribution in [0, 0.1) is 23.0 Å². The molecule has 14 heteroatoms. The van der Waals surface area contributed by atoms with Gasteiger partial charge in [0.15, 0.2) is 5.82 Å². The number of benzene rings is 2. The average molecular weight is 584 g/mol. The third-order valence-corrected chi connectivity index (χ3v) is 8.22. The van der Waals surface area contributed by atoms with Crippen LogP contribution in [-0.2, 0) is 23.7 Å². The number of hydrogen-bond donors (Lipinski definition) is 2. The number of nitriles is 1. The van der Waals surface area contributed by atoms with Crippen LogP contribution < -0.4 is 15.6 Å². The topological polar surface area (TPSA) is 133 Å². The second kappa shape index (κ2) is 11.2. The number of hydrogen-bond acceptors (Lipinski definition) is 7. The van der Waals surface area contributed by atoms with Gasteiger partial charge in [-0.05, 0) is 48.7 Å². The molecule has 0 aliphatic carbocycles. The SMILES string of the molecule is Cn1c(=O)c(-c2c(F)ccc(NS(=O)(=O)N3CCC(F)C3)c2F)cc2cnc(NCCc3cccc(C#N)c3)nc21. The first kappa shape index (κ1) is 28.1. The summed E-state index contributed by atoms with van der Waals surface area (Å²) in [6.07, 6.45) is 0.660. The third-order valence-electron chi connectivity index (χ3n) is 6.73. The lowest BCUT2D eigenvalue weighted by Gasteiger charge is -2.18. The maximum absolute atomic E-state index is 15.5. The highest BCUT2D eigenvalue weighted by Gasteiger charge is 2.32. The van der Waals surface area contributed by atoms with Crippen molar-refractivity contribution in [2.24, 2.45) is 7.05 Å². The predicted molar refractivity (Wildman–Crippen MR) is 147 cm³/mol.